The van der Waals surface area contributed by atoms with Crippen molar-refractivity contribution >= 4 is 22.2 Å². The Bertz CT molecular complexity index is 828. The number of carbonyl (C=O) groups excluding carboxylic acids is 1. The molecule has 2 atom stereocenters. The molecule has 6 heteroatoms. The second kappa shape index (κ2) is 16.1. The van der Waals surface area contributed by atoms with E-state index in [1.54, 1.807) is 0 Å². The average Bonchev–Trinajstić information content (AvgIpc) is 2.81. The fraction of sp³-hybridized carbons (Fsp3) is 0.607. The van der Waals surface area contributed by atoms with Crippen molar-refractivity contribution in [3.63, 3.8) is 0 Å². The molecule has 0 heterocycles. The molecule has 0 saturated carbocycles. The first-order valence-electron chi connectivity index (χ1n) is 12.6. The van der Waals surface area contributed by atoms with Crippen LogP contribution in [0.1, 0.15) is 52.0 Å². The Morgan fingerprint density at radius 3 is 2.24 bits per heavy atom. The van der Waals surface area contributed by atoms with Crippen LogP contribution >= 0.6 is 0 Å². The third-order valence-corrected chi connectivity index (χ3v) is 11.5. The highest BCUT2D eigenvalue weighted by Gasteiger charge is 2.31. The third kappa shape index (κ3) is 13.3. The van der Waals surface area contributed by atoms with E-state index in [1.807, 2.05) is 30.3 Å². The lowest BCUT2D eigenvalue weighted by Crippen LogP contribution is -2.41. The van der Waals surface area contributed by atoms with Crippen molar-refractivity contribution in [2.24, 2.45) is 0 Å². The maximum absolute atomic E-state index is 12.2. The van der Waals surface area contributed by atoms with E-state index in [0.717, 1.165) is 23.7 Å². The predicted molar refractivity (Wildman–Crippen MR) is 147 cm³/mol. The van der Waals surface area contributed by atoms with E-state index in [-0.39, 0.29) is 18.3 Å². The first kappa shape index (κ1) is 30.4. The molecule has 4 nitrogen and oxygen atoms in total. The quantitative estimate of drug-likeness (QED) is 0.194. The summed E-state index contributed by atoms with van der Waals surface area (Å²) in [5, 5.41) is 10.1. The van der Waals surface area contributed by atoms with E-state index in [9.17, 15) is 9.90 Å². The monoisotopic (exact) mass is 500 g/mol. The van der Waals surface area contributed by atoms with Crippen LogP contribution in [-0.4, -0.2) is 46.1 Å². The molecule has 0 radical (unpaired) electrons. The van der Waals surface area contributed by atoms with E-state index in [1.165, 1.54) is 0 Å². The topological polar surface area (TPSA) is 55.8 Å². The number of aliphatic hydroxyl groups excluding tert-OH is 1. The molecule has 0 aliphatic rings. The molecule has 0 spiro atoms. The highest BCUT2D eigenvalue weighted by molar-refractivity contribution is 6.83. The molecule has 188 valence electrons. The molecular weight excluding hydrogens is 456 g/mol. The minimum atomic E-state index is -1.82. The Morgan fingerprint density at radius 2 is 1.65 bits per heavy atom. The van der Waals surface area contributed by atoms with E-state index in [2.05, 4.69) is 63.7 Å². The van der Waals surface area contributed by atoms with Gasteiger partial charge in [-0.2, -0.15) is 0 Å². The predicted octanol–water partition coefficient (Wildman–Crippen LogP) is 5.97. The van der Waals surface area contributed by atoms with Crippen LogP contribution in [0.2, 0.25) is 37.8 Å². The molecule has 0 aliphatic heterocycles. The van der Waals surface area contributed by atoms with Gasteiger partial charge in [-0.15, -0.1) is 11.5 Å². The zero-order valence-electron chi connectivity index (χ0n) is 22.1. The second-order valence-electron chi connectivity index (χ2n) is 9.86. The molecule has 0 aliphatic carbocycles. The number of rotatable bonds is 14. The molecule has 0 saturated heterocycles. The van der Waals surface area contributed by atoms with Crippen LogP contribution in [0, 0.1) is 23.3 Å². The molecule has 1 unspecified atom stereocenters. The van der Waals surface area contributed by atoms with Gasteiger partial charge in [0.1, 0.15) is 8.07 Å². The number of carbonyl (C=O) groups is 1. The number of aliphatic hydroxyl groups is 1. The van der Waals surface area contributed by atoms with Crippen molar-refractivity contribution in [3.05, 3.63) is 35.9 Å². The first-order valence-corrected chi connectivity index (χ1v) is 18.6. The lowest BCUT2D eigenvalue weighted by molar-refractivity contribution is -0.114. The van der Waals surface area contributed by atoms with Crippen molar-refractivity contribution in [2.45, 2.75) is 103 Å². The Kier molecular flexibility index (Phi) is 14.4. The van der Waals surface area contributed by atoms with Gasteiger partial charge in [0.15, 0.2) is 8.32 Å². The molecule has 1 rings (SSSR count). The van der Waals surface area contributed by atoms with Gasteiger partial charge < -0.3 is 14.3 Å². The average molecular weight is 501 g/mol. The van der Waals surface area contributed by atoms with Crippen LogP contribution in [0.15, 0.2) is 30.3 Å². The van der Waals surface area contributed by atoms with Gasteiger partial charge in [-0.05, 0) is 36.0 Å². The van der Waals surface area contributed by atoms with Gasteiger partial charge in [0.05, 0.1) is 25.4 Å². The van der Waals surface area contributed by atoms with Crippen molar-refractivity contribution in [1.82, 2.24) is 0 Å². The summed E-state index contributed by atoms with van der Waals surface area (Å²) in [6.45, 7) is 14.1. The number of Topliss-reactive ketones (excluding diaryl/α,β-unsaturated/α-hetero) is 1. The molecule has 1 aromatic rings. The van der Waals surface area contributed by atoms with Gasteiger partial charge in [0, 0.05) is 19.3 Å². The smallest absolute Gasteiger partial charge is 0.205 e. The lowest BCUT2D eigenvalue weighted by atomic mass is 10.1. The summed E-state index contributed by atoms with van der Waals surface area (Å²) in [6, 6.07) is 13.3. The van der Waals surface area contributed by atoms with Gasteiger partial charge in [-0.1, -0.05) is 76.7 Å². The SMILES string of the molecule is CC[Si](CC)(CC)O[C@@H](CC#CC(=O)CCC(O)CC#C[Si](C)(C)C)COCc1ccccc1. The number of hydrogen-bond acceptors (Lipinski definition) is 4. The van der Waals surface area contributed by atoms with Crippen LogP contribution in [-0.2, 0) is 20.6 Å². The maximum atomic E-state index is 12.2. The summed E-state index contributed by atoms with van der Waals surface area (Å²) in [7, 11) is -3.25. The number of hydrogen-bond donors (Lipinski definition) is 1. The number of ketones is 1. The molecule has 34 heavy (non-hydrogen) atoms. The van der Waals surface area contributed by atoms with Crippen LogP contribution in [0.25, 0.3) is 0 Å². The summed E-state index contributed by atoms with van der Waals surface area (Å²) >= 11 is 0. The first-order chi connectivity index (χ1) is 16.1. The molecule has 1 N–H and O–H groups in total. The standard InChI is InChI=1S/C28H44O4Si2/c1-7-34(8-2,9-3)32-28(24-31-23-25-15-11-10-12-16-25)19-13-17-26(29)20-21-27(30)18-14-22-33(4,5)6/h10-12,15-16,27-28,30H,7-9,18-21,23-24H2,1-6H3/t27?,28-/m0/s1. The summed E-state index contributed by atoms with van der Waals surface area (Å²) in [5.74, 6) is 8.69. The highest BCUT2D eigenvalue weighted by atomic mass is 28.4. The summed E-state index contributed by atoms with van der Waals surface area (Å²) in [6.07, 6.45) is 0.805. The zero-order valence-corrected chi connectivity index (χ0v) is 24.1. The molecule has 0 aromatic heterocycles. The Hall–Kier alpha value is -1.68. The fourth-order valence-corrected chi connectivity index (χ4v) is 7.02. The maximum Gasteiger partial charge on any atom is 0.205 e. The van der Waals surface area contributed by atoms with Gasteiger partial charge in [0.2, 0.25) is 5.78 Å². The van der Waals surface area contributed by atoms with Crippen LogP contribution in [0.3, 0.4) is 0 Å². The van der Waals surface area contributed by atoms with Gasteiger partial charge in [-0.25, -0.2) is 0 Å². The summed E-state index contributed by atoms with van der Waals surface area (Å²) < 4.78 is 12.6. The van der Waals surface area contributed by atoms with Gasteiger partial charge in [-0.3, -0.25) is 4.79 Å². The normalized spacial score (nSPS) is 13.3. The Morgan fingerprint density at radius 1 is 1.00 bits per heavy atom. The van der Waals surface area contributed by atoms with E-state index in [0.29, 0.717) is 32.5 Å². The Labute approximate surface area is 210 Å². The van der Waals surface area contributed by atoms with Crippen LogP contribution in [0.5, 0.6) is 0 Å². The third-order valence-electron chi connectivity index (χ3n) is 5.83. The molecule has 0 bridgehead atoms. The minimum absolute atomic E-state index is 0.141. The van der Waals surface area contributed by atoms with Gasteiger partial charge >= 0.3 is 0 Å². The van der Waals surface area contributed by atoms with Crippen molar-refractivity contribution < 1.29 is 19.1 Å². The van der Waals surface area contributed by atoms with E-state index >= 15 is 0 Å². The van der Waals surface area contributed by atoms with Crippen molar-refractivity contribution in [3.8, 4) is 23.3 Å². The lowest BCUT2D eigenvalue weighted by Gasteiger charge is -2.32. The van der Waals surface area contributed by atoms with E-state index < -0.39 is 22.5 Å². The van der Waals surface area contributed by atoms with Crippen LogP contribution < -0.4 is 0 Å². The zero-order chi connectivity index (χ0) is 25.5. The molecule has 1 aromatic carbocycles. The molecular formula is C28H44O4Si2. The Balaban J connectivity index is 2.63. The van der Waals surface area contributed by atoms with Crippen molar-refractivity contribution in [2.75, 3.05) is 6.61 Å². The minimum Gasteiger partial charge on any atom is -0.411 e. The number of ether oxygens (including phenoxy) is 1. The second-order valence-corrected chi connectivity index (χ2v) is 19.3. The van der Waals surface area contributed by atoms with Gasteiger partial charge in [0.25, 0.3) is 0 Å². The van der Waals surface area contributed by atoms with Crippen LogP contribution in [0.4, 0.5) is 0 Å². The molecule has 0 amide bonds. The highest BCUT2D eigenvalue weighted by Crippen LogP contribution is 2.24. The largest absolute Gasteiger partial charge is 0.411 e. The van der Waals surface area contributed by atoms with Crippen molar-refractivity contribution in [1.29, 1.82) is 0 Å². The molecule has 0 fully saturated rings. The van der Waals surface area contributed by atoms with E-state index in [4.69, 9.17) is 9.16 Å². The summed E-state index contributed by atoms with van der Waals surface area (Å²) in [4.78, 5) is 12.2. The fourth-order valence-electron chi connectivity index (χ4n) is 3.53. The number of benzene rings is 1. The summed E-state index contributed by atoms with van der Waals surface area (Å²) in [5.41, 5.74) is 4.37.